The highest BCUT2D eigenvalue weighted by molar-refractivity contribution is 6.23. The molecule has 5 nitrogen and oxygen atoms in total. The zero-order chi connectivity index (χ0) is 13.7. The van der Waals surface area contributed by atoms with Crippen LogP contribution in [-0.4, -0.2) is 38.4 Å². The van der Waals surface area contributed by atoms with Crippen LogP contribution in [0.15, 0.2) is 12.1 Å². The summed E-state index contributed by atoms with van der Waals surface area (Å²) in [5.74, 6) is 0.813. The summed E-state index contributed by atoms with van der Waals surface area (Å²) < 4.78 is 10.5. The molecule has 0 saturated carbocycles. The van der Waals surface area contributed by atoms with Gasteiger partial charge in [-0.05, 0) is 24.6 Å². The fourth-order valence-corrected chi connectivity index (χ4v) is 1.66. The Balaban J connectivity index is 3.06. The van der Waals surface area contributed by atoms with Gasteiger partial charge in [-0.1, -0.05) is 0 Å². The third kappa shape index (κ3) is 3.00. The number of methoxy groups -OCH3 is 2. The van der Waals surface area contributed by atoms with Crippen LogP contribution < -0.4 is 9.47 Å². The molecule has 5 heteroatoms. The molecule has 0 bridgehead atoms. The number of benzene rings is 1. The van der Waals surface area contributed by atoms with Crippen LogP contribution in [0.25, 0.3) is 0 Å². The van der Waals surface area contributed by atoms with Crippen LogP contribution in [0.3, 0.4) is 0 Å². The number of likely N-dealkylation sites (N-methyl/N-ethyl adjacent to an activating group) is 1. The number of amides is 1. The Bertz CT molecular complexity index is 457. The van der Waals surface area contributed by atoms with E-state index in [9.17, 15) is 9.59 Å². The van der Waals surface area contributed by atoms with Gasteiger partial charge in [0.25, 0.3) is 5.91 Å². The number of carbonyl (C=O) groups excluding carboxylic acids is 2. The molecule has 0 spiro atoms. The first kappa shape index (κ1) is 14.0. The lowest BCUT2D eigenvalue weighted by Gasteiger charge is -2.18. The molecule has 0 aliphatic rings. The molecular formula is C13H17NO4. The zero-order valence-corrected chi connectivity index (χ0v) is 11.0. The van der Waals surface area contributed by atoms with Gasteiger partial charge in [-0.2, -0.15) is 0 Å². The molecule has 0 aromatic heterocycles. The molecule has 0 aliphatic carbocycles. The summed E-state index contributed by atoms with van der Waals surface area (Å²) in [7, 11) is 4.70. The van der Waals surface area contributed by atoms with Crippen LogP contribution in [-0.2, 0) is 16.1 Å². The van der Waals surface area contributed by atoms with Gasteiger partial charge in [0.2, 0.25) is 6.29 Å². The molecule has 0 fully saturated rings. The Morgan fingerprint density at radius 2 is 1.89 bits per heavy atom. The molecule has 1 aromatic carbocycles. The Hall–Kier alpha value is -2.04. The number of hydrogen-bond donors (Lipinski definition) is 0. The van der Waals surface area contributed by atoms with Crippen LogP contribution in [0, 0.1) is 6.92 Å². The number of carbonyl (C=O) groups is 2. The van der Waals surface area contributed by atoms with Crippen LogP contribution in [0.2, 0.25) is 0 Å². The average molecular weight is 251 g/mol. The second-order valence-electron chi connectivity index (χ2n) is 3.95. The molecule has 0 saturated heterocycles. The summed E-state index contributed by atoms with van der Waals surface area (Å²) in [4.78, 5) is 23.0. The summed E-state index contributed by atoms with van der Waals surface area (Å²) in [5, 5.41) is 0. The van der Waals surface area contributed by atoms with Crippen molar-refractivity contribution in [1.29, 1.82) is 0 Å². The lowest BCUT2D eigenvalue weighted by Crippen LogP contribution is -2.27. The molecule has 0 unspecified atom stereocenters. The first-order valence-corrected chi connectivity index (χ1v) is 5.45. The van der Waals surface area contributed by atoms with E-state index < -0.39 is 5.91 Å². The molecule has 0 atom stereocenters. The normalized spacial score (nSPS) is 9.78. The van der Waals surface area contributed by atoms with Crippen molar-refractivity contribution in [2.24, 2.45) is 0 Å². The molecule has 0 radical (unpaired) electrons. The third-order valence-electron chi connectivity index (χ3n) is 2.68. The molecule has 18 heavy (non-hydrogen) atoms. The minimum atomic E-state index is -0.573. The van der Waals surface area contributed by atoms with E-state index in [4.69, 9.17) is 9.47 Å². The van der Waals surface area contributed by atoms with Crippen molar-refractivity contribution in [3.63, 3.8) is 0 Å². The topological polar surface area (TPSA) is 55.8 Å². The summed E-state index contributed by atoms with van der Waals surface area (Å²) in [6.07, 6.45) is 0.290. The van der Waals surface area contributed by atoms with Gasteiger partial charge < -0.3 is 14.4 Å². The SMILES string of the molecule is COc1cc(CN(C)C(=O)C=O)c(OC)cc1C. The number of aryl methyl sites for hydroxylation is 1. The third-order valence-corrected chi connectivity index (χ3v) is 2.68. The Labute approximate surface area is 106 Å². The van der Waals surface area contributed by atoms with Crippen molar-refractivity contribution < 1.29 is 19.1 Å². The average Bonchev–Trinajstić information content (AvgIpc) is 2.38. The van der Waals surface area contributed by atoms with Crippen molar-refractivity contribution >= 4 is 12.2 Å². The molecule has 0 aliphatic heterocycles. The second-order valence-corrected chi connectivity index (χ2v) is 3.95. The van der Waals surface area contributed by atoms with Gasteiger partial charge in [0.1, 0.15) is 11.5 Å². The van der Waals surface area contributed by atoms with Crippen molar-refractivity contribution in [2.45, 2.75) is 13.5 Å². The van der Waals surface area contributed by atoms with E-state index in [0.717, 1.165) is 16.9 Å². The van der Waals surface area contributed by atoms with E-state index in [2.05, 4.69) is 0 Å². The molecule has 1 amide bonds. The molecule has 1 rings (SSSR count). The van der Waals surface area contributed by atoms with Crippen LogP contribution in [0.4, 0.5) is 0 Å². The highest BCUT2D eigenvalue weighted by Gasteiger charge is 2.13. The predicted molar refractivity (Wildman–Crippen MR) is 66.8 cm³/mol. The van der Waals surface area contributed by atoms with Crippen LogP contribution >= 0.6 is 0 Å². The Morgan fingerprint density at radius 3 is 2.39 bits per heavy atom. The summed E-state index contributed by atoms with van der Waals surface area (Å²) in [6.45, 7) is 2.20. The van der Waals surface area contributed by atoms with Crippen molar-refractivity contribution in [3.8, 4) is 11.5 Å². The maximum Gasteiger partial charge on any atom is 0.286 e. The fourth-order valence-electron chi connectivity index (χ4n) is 1.66. The number of ether oxygens (including phenoxy) is 2. The molecule has 98 valence electrons. The van der Waals surface area contributed by atoms with Gasteiger partial charge in [-0.15, -0.1) is 0 Å². The molecule has 0 N–H and O–H groups in total. The van der Waals surface area contributed by atoms with Gasteiger partial charge in [0.15, 0.2) is 0 Å². The number of hydrogen-bond acceptors (Lipinski definition) is 4. The fraction of sp³-hybridized carbons (Fsp3) is 0.385. The highest BCUT2D eigenvalue weighted by Crippen LogP contribution is 2.28. The van der Waals surface area contributed by atoms with Crippen LogP contribution in [0.1, 0.15) is 11.1 Å². The zero-order valence-electron chi connectivity index (χ0n) is 11.0. The number of nitrogens with zero attached hydrogens (tertiary/aromatic N) is 1. The van der Waals surface area contributed by atoms with Crippen LogP contribution in [0.5, 0.6) is 11.5 Å². The largest absolute Gasteiger partial charge is 0.496 e. The van der Waals surface area contributed by atoms with Gasteiger partial charge >= 0.3 is 0 Å². The van der Waals surface area contributed by atoms with E-state index in [1.807, 2.05) is 19.1 Å². The Kier molecular flexibility index (Phi) is 4.71. The molecular weight excluding hydrogens is 234 g/mol. The van der Waals surface area contributed by atoms with E-state index in [0.29, 0.717) is 5.75 Å². The summed E-state index contributed by atoms with van der Waals surface area (Å²) in [5.41, 5.74) is 1.74. The van der Waals surface area contributed by atoms with Crippen molar-refractivity contribution in [2.75, 3.05) is 21.3 Å². The van der Waals surface area contributed by atoms with Gasteiger partial charge in [-0.25, -0.2) is 0 Å². The summed E-state index contributed by atoms with van der Waals surface area (Å²) >= 11 is 0. The van der Waals surface area contributed by atoms with Gasteiger partial charge in [0, 0.05) is 19.2 Å². The molecule has 0 heterocycles. The standard InChI is InChI=1S/C13H17NO4/c1-9-5-12(18-4)10(6-11(9)17-3)7-14(2)13(16)8-15/h5-6,8H,7H2,1-4H3. The Morgan fingerprint density at radius 1 is 1.28 bits per heavy atom. The quantitative estimate of drug-likeness (QED) is 0.582. The highest BCUT2D eigenvalue weighted by atomic mass is 16.5. The maximum atomic E-state index is 11.2. The van der Waals surface area contributed by atoms with Gasteiger partial charge in [-0.3, -0.25) is 9.59 Å². The number of aldehydes is 1. The van der Waals surface area contributed by atoms with Crippen molar-refractivity contribution in [1.82, 2.24) is 4.90 Å². The maximum absolute atomic E-state index is 11.2. The van der Waals surface area contributed by atoms with Gasteiger partial charge in [0.05, 0.1) is 14.2 Å². The van der Waals surface area contributed by atoms with E-state index in [-0.39, 0.29) is 12.8 Å². The minimum Gasteiger partial charge on any atom is -0.496 e. The second kappa shape index (κ2) is 6.05. The monoisotopic (exact) mass is 251 g/mol. The van der Waals surface area contributed by atoms with E-state index in [1.165, 1.54) is 4.90 Å². The lowest BCUT2D eigenvalue weighted by molar-refractivity contribution is -0.138. The smallest absolute Gasteiger partial charge is 0.286 e. The minimum absolute atomic E-state index is 0.289. The number of rotatable bonds is 5. The molecule has 1 aromatic rings. The summed E-state index contributed by atoms with van der Waals surface area (Å²) in [6, 6.07) is 3.65. The van der Waals surface area contributed by atoms with Crippen molar-refractivity contribution in [3.05, 3.63) is 23.3 Å². The first-order valence-electron chi connectivity index (χ1n) is 5.45. The van der Waals surface area contributed by atoms with E-state index in [1.54, 1.807) is 21.3 Å². The first-order chi connectivity index (χ1) is 8.53. The lowest BCUT2D eigenvalue weighted by atomic mass is 10.1. The predicted octanol–water partition coefficient (Wildman–Crippen LogP) is 1.17. The van der Waals surface area contributed by atoms with E-state index >= 15 is 0 Å².